The van der Waals surface area contributed by atoms with Crippen molar-refractivity contribution < 1.29 is 58.2 Å². The first-order chi connectivity index (χ1) is 38.6. The first-order valence-electron chi connectivity index (χ1n) is 30.5. The molecular formula is C67H106O12. The van der Waals surface area contributed by atoms with E-state index in [9.17, 15) is 34.5 Å². The minimum atomic E-state index is -1.93. The fourth-order valence-corrected chi connectivity index (χ4v) is 8.43. The standard InChI is InChI=1S/C67H106O12/c1-4-7-10-13-16-19-22-25-28-29-30-31-34-35-38-41-44-47-50-53-59(68)75-56-58(77-60(69)54-51-48-45-42-39-36-32-26-23-20-17-14-11-8-5-2)57-76-67-65(63(72)62(71)64(79-67)66(73)74)78-61(70)55-52-49-46-43-40-37-33-27-24-21-18-15-12-9-6-3/h7-8,10-11,16-17,19-20,25-28,30-33,39,42,48,51,58,62-65,67,71-72H,4-6,9,12-15,18,21-24,29,34-38,40-41,43-47,49-50,52-57H2,1-3H3,(H,73,74)/b10-7-,11-8-,19-16-,20-17-,28-25-,31-30-,32-26-,33-27-,42-39-,51-48-. The molecule has 12 nitrogen and oxygen atoms in total. The van der Waals surface area contributed by atoms with Gasteiger partial charge in [-0.1, -0.05) is 219 Å². The van der Waals surface area contributed by atoms with Gasteiger partial charge in [-0.2, -0.15) is 0 Å². The third-order valence-electron chi connectivity index (χ3n) is 13.0. The van der Waals surface area contributed by atoms with Crippen molar-refractivity contribution in [1.29, 1.82) is 0 Å². The molecule has 3 N–H and O–H groups in total. The Balaban J connectivity index is 2.75. The van der Waals surface area contributed by atoms with Crippen molar-refractivity contribution in [1.82, 2.24) is 0 Å². The minimum Gasteiger partial charge on any atom is -0.479 e. The molecule has 1 rings (SSSR count). The summed E-state index contributed by atoms with van der Waals surface area (Å²) in [7, 11) is 0. The Morgan fingerprint density at radius 3 is 1.29 bits per heavy atom. The van der Waals surface area contributed by atoms with Crippen LogP contribution in [0.2, 0.25) is 0 Å². The van der Waals surface area contributed by atoms with Crippen LogP contribution in [0.1, 0.15) is 226 Å². The number of allylic oxidation sites excluding steroid dienone is 19. The van der Waals surface area contributed by atoms with E-state index in [1.54, 1.807) is 6.08 Å². The summed E-state index contributed by atoms with van der Waals surface area (Å²) in [4.78, 5) is 51.1. The Morgan fingerprint density at radius 2 is 0.835 bits per heavy atom. The number of aliphatic hydroxyl groups excluding tert-OH is 2. The average molecular weight is 1100 g/mol. The minimum absolute atomic E-state index is 0.0330. The molecular weight excluding hydrogens is 997 g/mol. The molecule has 0 aromatic rings. The summed E-state index contributed by atoms with van der Waals surface area (Å²) in [6.45, 7) is 5.66. The van der Waals surface area contributed by atoms with E-state index in [1.165, 1.54) is 38.5 Å². The van der Waals surface area contributed by atoms with Crippen LogP contribution in [0.4, 0.5) is 0 Å². The quantitative estimate of drug-likeness (QED) is 0.0228. The van der Waals surface area contributed by atoms with Crippen molar-refractivity contribution >= 4 is 23.9 Å². The summed E-state index contributed by atoms with van der Waals surface area (Å²) < 4.78 is 28.3. The van der Waals surface area contributed by atoms with Gasteiger partial charge in [0.2, 0.25) is 0 Å². The lowest BCUT2D eigenvalue weighted by molar-refractivity contribution is -0.301. The molecule has 0 bridgehead atoms. The Bertz CT molecular complexity index is 1840. The van der Waals surface area contributed by atoms with Crippen LogP contribution in [0.3, 0.4) is 0 Å². The normalized spacial score (nSPS) is 18.7. The first-order valence-corrected chi connectivity index (χ1v) is 30.5. The number of unbranched alkanes of at least 4 members (excludes halogenated alkanes) is 17. The van der Waals surface area contributed by atoms with Gasteiger partial charge in [-0.3, -0.25) is 14.4 Å². The fraction of sp³-hybridized carbons (Fsp3) is 0.642. The molecule has 0 aromatic carbocycles. The lowest BCUT2D eigenvalue weighted by Crippen LogP contribution is -2.61. The average Bonchev–Trinajstić information content (AvgIpc) is 3.46. The molecule has 1 heterocycles. The zero-order valence-corrected chi connectivity index (χ0v) is 49.1. The molecule has 0 radical (unpaired) electrons. The Kier molecular flexibility index (Phi) is 49.1. The Morgan fingerprint density at radius 1 is 0.443 bits per heavy atom. The largest absolute Gasteiger partial charge is 0.479 e. The van der Waals surface area contributed by atoms with E-state index >= 15 is 0 Å². The van der Waals surface area contributed by atoms with E-state index in [0.717, 1.165) is 128 Å². The molecule has 12 heteroatoms. The van der Waals surface area contributed by atoms with Gasteiger partial charge < -0.3 is 39.0 Å². The summed E-state index contributed by atoms with van der Waals surface area (Å²) in [6, 6.07) is 0. The summed E-state index contributed by atoms with van der Waals surface area (Å²) >= 11 is 0. The van der Waals surface area contributed by atoms with Crippen LogP contribution in [-0.2, 0) is 42.9 Å². The lowest BCUT2D eigenvalue weighted by atomic mass is 9.98. The predicted molar refractivity (Wildman–Crippen MR) is 321 cm³/mol. The first kappa shape index (κ1) is 72.1. The van der Waals surface area contributed by atoms with Crippen molar-refractivity contribution in [3.63, 3.8) is 0 Å². The summed E-state index contributed by atoms with van der Waals surface area (Å²) in [5.41, 5.74) is 0. The van der Waals surface area contributed by atoms with Gasteiger partial charge in [0.1, 0.15) is 18.8 Å². The summed E-state index contributed by atoms with van der Waals surface area (Å²) in [5.74, 6) is -3.33. The predicted octanol–water partition coefficient (Wildman–Crippen LogP) is 16.0. The number of hydrogen-bond donors (Lipinski definition) is 3. The topological polar surface area (TPSA) is 175 Å². The van der Waals surface area contributed by atoms with Gasteiger partial charge in [0.25, 0.3) is 0 Å². The van der Waals surface area contributed by atoms with Gasteiger partial charge in [-0.05, 0) is 109 Å². The van der Waals surface area contributed by atoms with Gasteiger partial charge >= 0.3 is 23.9 Å². The molecule has 446 valence electrons. The van der Waals surface area contributed by atoms with E-state index in [2.05, 4.69) is 118 Å². The van der Waals surface area contributed by atoms with Crippen molar-refractivity contribution in [3.8, 4) is 0 Å². The van der Waals surface area contributed by atoms with Crippen LogP contribution in [-0.4, -0.2) is 89.2 Å². The van der Waals surface area contributed by atoms with Crippen LogP contribution in [0.15, 0.2) is 122 Å². The van der Waals surface area contributed by atoms with E-state index in [1.807, 2.05) is 18.2 Å². The highest BCUT2D eigenvalue weighted by molar-refractivity contribution is 5.74. The number of rotatable bonds is 50. The van der Waals surface area contributed by atoms with Gasteiger partial charge in [0.05, 0.1) is 13.0 Å². The second-order valence-electron chi connectivity index (χ2n) is 20.2. The van der Waals surface area contributed by atoms with E-state index < -0.39 is 67.3 Å². The van der Waals surface area contributed by atoms with Crippen molar-refractivity contribution in [2.45, 2.75) is 263 Å². The highest BCUT2D eigenvalue weighted by Crippen LogP contribution is 2.26. The van der Waals surface area contributed by atoms with E-state index in [4.69, 9.17) is 23.7 Å². The molecule has 0 spiro atoms. The number of aliphatic hydroxyl groups is 2. The molecule has 1 saturated heterocycles. The SMILES string of the molecule is CC/C=C\C/C=C\C/C=C\C/C=C\C/C=C\CC(=O)OC(COC(=O)CCCCCCCC/C=C\C/C=C\C/C=C\C/C=C\CC)COC1OC(C(=O)O)C(O)C(O)C1OC(=O)CCCCCCC/C=C\CCCCCCCC. The Hall–Kier alpha value is -4.88. The maximum absolute atomic E-state index is 13.1. The molecule has 1 fully saturated rings. The third kappa shape index (κ3) is 43.6. The van der Waals surface area contributed by atoms with Gasteiger partial charge in [-0.15, -0.1) is 0 Å². The molecule has 0 amide bonds. The number of aliphatic carboxylic acids is 1. The Labute approximate surface area is 478 Å². The second-order valence-corrected chi connectivity index (χ2v) is 20.2. The highest BCUT2D eigenvalue weighted by atomic mass is 16.7. The van der Waals surface area contributed by atoms with Crippen LogP contribution in [0, 0.1) is 0 Å². The maximum Gasteiger partial charge on any atom is 0.335 e. The number of esters is 3. The number of carboxylic acids is 1. The highest BCUT2D eigenvalue weighted by Gasteiger charge is 2.50. The van der Waals surface area contributed by atoms with E-state index in [-0.39, 0.29) is 25.9 Å². The molecule has 79 heavy (non-hydrogen) atoms. The molecule has 6 atom stereocenters. The van der Waals surface area contributed by atoms with Gasteiger partial charge in [-0.25, -0.2) is 4.79 Å². The smallest absolute Gasteiger partial charge is 0.335 e. The maximum atomic E-state index is 13.1. The van der Waals surface area contributed by atoms with Crippen molar-refractivity contribution in [2.24, 2.45) is 0 Å². The molecule has 1 aliphatic heterocycles. The molecule has 0 aliphatic carbocycles. The number of carbonyl (C=O) groups excluding carboxylic acids is 3. The van der Waals surface area contributed by atoms with Crippen LogP contribution in [0.25, 0.3) is 0 Å². The van der Waals surface area contributed by atoms with Gasteiger partial charge in [0, 0.05) is 12.8 Å². The number of hydrogen-bond acceptors (Lipinski definition) is 11. The lowest BCUT2D eigenvalue weighted by Gasteiger charge is -2.40. The molecule has 6 unspecified atom stereocenters. The zero-order chi connectivity index (χ0) is 57.5. The third-order valence-corrected chi connectivity index (χ3v) is 13.0. The number of ether oxygens (including phenoxy) is 5. The van der Waals surface area contributed by atoms with Crippen molar-refractivity contribution in [3.05, 3.63) is 122 Å². The fourth-order valence-electron chi connectivity index (χ4n) is 8.43. The van der Waals surface area contributed by atoms with Gasteiger partial charge in [0.15, 0.2) is 24.6 Å². The molecule has 1 aliphatic rings. The van der Waals surface area contributed by atoms with Crippen LogP contribution in [0.5, 0.6) is 0 Å². The second kappa shape index (κ2) is 53.7. The summed E-state index contributed by atoms with van der Waals surface area (Å²) in [6.07, 6.45) is 61.9. The number of carbonyl (C=O) groups is 4. The van der Waals surface area contributed by atoms with Crippen LogP contribution < -0.4 is 0 Å². The zero-order valence-electron chi connectivity index (χ0n) is 49.1. The van der Waals surface area contributed by atoms with E-state index in [0.29, 0.717) is 19.3 Å². The van der Waals surface area contributed by atoms with Crippen LogP contribution >= 0.6 is 0 Å². The monoisotopic (exact) mass is 1100 g/mol. The molecule has 0 aromatic heterocycles. The van der Waals surface area contributed by atoms with Crippen molar-refractivity contribution in [2.75, 3.05) is 13.2 Å². The molecule has 0 saturated carbocycles. The number of carboxylic acid groups (broad SMARTS) is 1. The summed E-state index contributed by atoms with van der Waals surface area (Å²) in [5, 5.41) is 31.5.